The van der Waals surface area contributed by atoms with E-state index in [9.17, 15) is 0 Å². The highest BCUT2D eigenvalue weighted by Gasteiger charge is 2.20. The van der Waals surface area contributed by atoms with Gasteiger partial charge in [-0.1, -0.05) is 50.6 Å². The summed E-state index contributed by atoms with van der Waals surface area (Å²) in [5.74, 6) is 0. The summed E-state index contributed by atoms with van der Waals surface area (Å²) in [6.07, 6.45) is 2.77. The molecule has 0 aliphatic carbocycles. The second kappa shape index (κ2) is 7.10. The lowest BCUT2D eigenvalue weighted by Gasteiger charge is -2.13. The number of rotatable bonds is 6. The number of nitrogens with two attached hydrogens (primary N) is 1. The molecule has 21 heavy (non-hydrogen) atoms. The molecule has 1 aromatic carbocycles. The van der Waals surface area contributed by atoms with E-state index >= 15 is 0 Å². The molecule has 0 spiro atoms. The number of hydrogen-bond donors (Lipinski definition) is 1. The minimum atomic E-state index is 0.0647. The highest BCUT2D eigenvalue weighted by molar-refractivity contribution is 6.31. The Kier molecular flexibility index (Phi) is 5.43. The average Bonchev–Trinajstić information content (AvgIpc) is 2.86. The Labute approximate surface area is 132 Å². The van der Waals surface area contributed by atoms with E-state index in [1.807, 2.05) is 18.2 Å². The van der Waals surface area contributed by atoms with Gasteiger partial charge in [-0.2, -0.15) is 5.10 Å². The van der Waals surface area contributed by atoms with Crippen molar-refractivity contribution >= 4 is 11.6 Å². The van der Waals surface area contributed by atoms with Gasteiger partial charge in [0.15, 0.2) is 0 Å². The maximum Gasteiger partial charge on any atom is 0.0677 e. The van der Waals surface area contributed by atoms with Crippen LogP contribution in [0.25, 0.3) is 0 Å². The first-order chi connectivity index (χ1) is 10.1. The fourth-order valence-electron chi connectivity index (χ4n) is 2.75. The quantitative estimate of drug-likeness (QED) is 0.872. The highest BCUT2D eigenvalue weighted by atomic mass is 35.5. The Balaban J connectivity index is 2.44. The van der Waals surface area contributed by atoms with Crippen LogP contribution in [0, 0.1) is 0 Å². The molecule has 1 heterocycles. The van der Waals surface area contributed by atoms with E-state index < -0.39 is 0 Å². The molecular weight excluding hydrogens is 282 g/mol. The van der Waals surface area contributed by atoms with Gasteiger partial charge in [0, 0.05) is 22.3 Å². The lowest BCUT2D eigenvalue weighted by atomic mass is 10.00. The number of aromatic nitrogens is 2. The summed E-state index contributed by atoms with van der Waals surface area (Å²) in [4.78, 5) is 0. The van der Waals surface area contributed by atoms with Gasteiger partial charge in [0.2, 0.25) is 0 Å². The van der Waals surface area contributed by atoms with Gasteiger partial charge in [-0.05, 0) is 30.9 Å². The Morgan fingerprint density at radius 1 is 1.19 bits per heavy atom. The minimum absolute atomic E-state index is 0.0647. The molecule has 0 saturated carbocycles. The van der Waals surface area contributed by atoms with Crippen LogP contribution in [0.1, 0.15) is 55.7 Å². The van der Waals surface area contributed by atoms with E-state index in [0.717, 1.165) is 35.5 Å². The molecule has 1 aromatic heterocycles. The molecule has 1 unspecified atom stereocenters. The predicted molar refractivity (Wildman–Crippen MR) is 88.8 cm³/mol. The topological polar surface area (TPSA) is 43.8 Å². The number of aryl methyl sites for hydroxylation is 1. The number of hydrogen-bond acceptors (Lipinski definition) is 2. The van der Waals surface area contributed by atoms with Gasteiger partial charge < -0.3 is 5.73 Å². The Morgan fingerprint density at radius 3 is 2.48 bits per heavy atom. The zero-order valence-electron chi connectivity index (χ0n) is 13.1. The molecule has 2 N–H and O–H groups in total. The molecule has 1 atom stereocenters. The molecule has 0 aliphatic heterocycles. The lowest BCUT2D eigenvalue weighted by Crippen LogP contribution is -2.13. The third-order valence-corrected chi connectivity index (χ3v) is 4.30. The molecule has 2 aromatic rings. The molecule has 4 heteroatoms. The average molecular weight is 306 g/mol. The second-order valence-corrected chi connectivity index (χ2v) is 5.69. The Morgan fingerprint density at radius 2 is 1.90 bits per heavy atom. The minimum Gasteiger partial charge on any atom is -0.324 e. The predicted octanol–water partition coefficient (Wildman–Crippen LogP) is 4.12. The zero-order valence-corrected chi connectivity index (χ0v) is 13.8. The van der Waals surface area contributed by atoms with Crippen molar-refractivity contribution in [3.63, 3.8) is 0 Å². The molecule has 0 bridgehead atoms. The SMILES string of the molecule is CCc1nn(Cc2ccccc2Cl)c(CC)c1C(N)CC. The van der Waals surface area contributed by atoms with Crippen LogP contribution in [0.5, 0.6) is 0 Å². The molecule has 2 rings (SSSR count). The van der Waals surface area contributed by atoms with E-state index in [0.29, 0.717) is 6.54 Å². The van der Waals surface area contributed by atoms with Crippen molar-refractivity contribution in [3.8, 4) is 0 Å². The highest BCUT2D eigenvalue weighted by Crippen LogP contribution is 2.26. The maximum absolute atomic E-state index is 6.30. The molecule has 0 radical (unpaired) electrons. The molecule has 3 nitrogen and oxygen atoms in total. The van der Waals surface area contributed by atoms with Crippen molar-refractivity contribution in [1.29, 1.82) is 0 Å². The normalized spacial score (nSPS) is 12.6. The third-order valence-electron chi connectivity index (χ3n) is 3.93. The molecule has 0 fully saturated rings. The number of halogens is 1. The van der Waals surface area contributed by atoms with Gasteiger partial charge in [-0.15, -0.1) is 0 Å². The van der Waals surface area contributed by atoms with Crippen LogP contribution in [-0.4, -0.2) is 9.78 Å². The van der Waals surface area contributed by atoms with Gasteiger partial charge in [-0.3, -0.25) is 4.68 Å². The van der Waals surface area contributed by atoms with Crippen molar-refractivity contribution in [2.75, 3.05) is 0 Å². The van der Waals surface area contributed by atoms with E-state index in [-0.39, 0.29) is 6.04 Å². The summed E-state index contributed by atoms with van der Waals surface area (Å²) in [5, 5.41) is 5.57. The molecule has 0 aliphatic rings. The maximum atomic E-state index is 6.30. The molecule has 114 valence electrons. The summed E-state index contributed by atoms with van der Waals surface area (Å²) < 4.78 is 2.07. The summed E-state index contributed by atoms with van der Waals surface area (Å²) in [7, 11) is 0. The summed E-state index contributed by atoms with van der Waals surface area (Å²) in [6, 6.07) is 8.00. The monoisotopic (exact) mass is 305 g/mol. The van der Waals surface area contributed by atoms with Crippen LogP contribution < -0.4 is 5.73 Å². The van der Waals surface area contributed by atoms with Crippen LogP contribution in [0.15, 0.2) is 24.3 Å². The van der Waals surface area contributed by atoms with Gasteiger partial charge >= 0.3 is 0 Å². The zero-order chi connectivity index (χ0) is 15.4. The van der Waals surface area contributed by atoms with E-state index in [1.54, 1.807) is 0 Å². The first-order valence-electron chi connectivity index (χ1n) is 7.69. The smallest absolute Gasteiger partial charge is 0.0677 e. The van der Waals surface area contributed by atoms with Crippen molar-refractivity contribution < 1.29 is 0 Å². The first kappa shape index (κ1) is 16.1. The van der Waals surface area contributed by atoms with E-state index in [4.69, 9.17) is 22.4 Å². The summed E-state index contributed by atoms with van der Waals surface area (Å²) in [5.41, 5.74) is 11.0. The van der Waals surface area contributed by atoms with Crippen LogP contribution in [0.3, 0.4) is 0 Å². The van der Waals surface area contributed by atoms with Gasteiger partial charge in [0.1, 0.15) is 0 Å². The van der Waals surface area contributed by atoms with E-state index in [2.05, 4.69) is 31.5 Å². The number of benzene rings is 1. The fraction of sp³-hybridized carbons (Fsp3) is 0.471. The second-order valence-electron chi connectivity index (χ2n) is 5.28. The fourth-order valence-corrected chi connectivity index (χ4v) is 2.95. The van der Waals surface area contributed by atoms with Crippen LogP contribution in [-0.2, 0) is 19.4 Å². The molecule has 0 amide bonds. The largest absolute Gasteiger partial charge is 0.324 e. The Hall–Kier alpha value is -1.32. The van der Waals surface area contributed by atoms with Gasteiger partial charge in [-0.25, -0.2) is 0 Å². The van der Waals surface area contributed by atoms with Crippen LogP contribution >= 0.6 is 11.6 Å². The van der Waals surface area contributed by atoms with Crippen molar-refractivity contribution in [2.24, 2.45) is 5.73 Å². The van der Waals surface area contributed by atoms with Crippen molar-refractivity contribution in [3.05, 3.63) is 51.8 Å². The van der Waals surface area contributed by atoms with E-state index in [1.165, 1.54) is 11.3 Å². The van der Waals surface area contributed by atoms with Crippen molar-refractivity contribution in [1.82, 2.24) is 9.78 Å². The molecule has 0 saturated heterocycles. The number of nitrogens with zero attached hydrogens (tertiary/aromatic N) is 2. The third kappa shape index (κ3) is 3.30. The standard InChI is InChI=1S/C17H24ClN3/c1-4-14(19)17-15(5-2)20-21(16(17)6-3)11-12-9-7-8-10-13(12)18/h7-10,14H,4-6,11,19H2,1-3H3. The Bertz CT molecular complexity index is 604. The van der Waals surface area contributed by atoms with Gasteiger partial charge in [0.25, 0.3) is 0 Å². The van der Waals surface area contributed by atoms with Crippen LogP contribution in [0.4, 0.5) is 0 Å². The first-order valence-corrected chi connectivity index (χ1v) is 8.07. The summed E-state index contributed by atoms with van der Waals surface area (Å²) in [6.45, 7) is 7.11. The summed E-state index contributed by atoms with van der Waals surface area (Å²) >= 11 is 6.27. The molecular formula is C17H24ClN3. The van der Waals surface area contributed by atoms with Gasteiger partial charge in [0.05, 0.1) is 12.2 Å². The lowest BCUT2D eigenvalue weighted by molar-refractivity contribution is 0.632. The van der Waals surface area contributed by atoms with Crippen molar-refractivity contribution in [2.45, 2.75) is 52.6 Å². The van der Waals surface area contributed by atoms with Crippen LogP contribution in [0.2, 0.25) is 5.02 Å².